The zero-order valence-electron chi connectivity index (χ0n) is 38.6. The third kappa shape index (κ3) is 5.59. The van der Waals surface area contributed by atoms with E-state index in [0.717, 1.165) is 17.1 Å². The minimum atomic E-state index is -0.485. The Labute approximate surface area is 404 Å². The molecule has 0 amide bonds. The van der Waals surface area contributed by atoms with Gasteiger partial charge in [0.25, 0.3) is 0 Å². The van der Waals surface area contributed by atoms with Gasteiger partial charge in [0.05, 0.1) is 16.8 Å². The summed E-state index contributed by atoms with van der Waals surface area (Å²) < 4.78 is 0. The second-order valence-electron chi connectivity index (χ2n) is 19.5. The summed E-state index contributed by atoms with van der Waals surface area (Å²) in [6, 6.07) is 93.2. The van der Waals surface area contributed by atoms with Gasteiger partial charge in [0.1, 0.15) is 0 Å². The quantitative estimate of drug-likeness (QED) is 0.161. The monoisotopic (exact) mass is 877 g/mol. The Morgan fingerprint density at radius 3 is 1.42 bits per heavy atom. The molecular formula is C68H47N. The molecule has 0 bridgehead atoms. The first kappa shape index (κ1) is 39.6. The summed E-state index contributed by atoms with van der Waals surface area (Å²) in [6.45, 7) is 4.71. The Kier molecular flexibility index (Phi) is 8.61. The summed E-state index contributed by atoms with van der Waals surface area (Å²) in [7, 11) is 0. The Morgan fingerprint density at radius 1 is 0.275 bits per heavy atom. The van der Waals surface area contributed by atoms with Crippen molar-refractivity contribution < 1.29 is 0 Å². The third-order valence-electron chi connectivity index (χ3n) is 15.7. The molecule has 3 aliphatic rings. The molecule has 0 saturated heterocycles. The predicted octanol–water partition coefficient (Wildman–Crippen LogP) is 18.0. The molecule has 0 radical (unpaired) electrons. The van der Waals surface area contributed by atoms with Crippen LogP contribution in [-0.4, -0.2) is 0 Å². The molecule has 69 heavy (non-hydrogen) atoms. The maximum absolute atomic E-state index is 2.56. The maximum atomic E-state index is 2.56. The molecule has 0 saturated carbocycles. The standard InChI is InChI=1S/C68H47N/c1-67(2)58-31-15-11-28-54(58)57-42-46(36-40-59(57)67)48-39-41-64(56-29-10-9-24-50(48)56)69(65-35-19-30-49(44-20-5-3-6-21-44)66(65)45-22-7-4-8-23-45)47-37-38-55-53-27-14-18-34-62(53)68(63(55)43-47)60-32-16-12-25-51(60)52-26-13-17-33-61(52)68/h3-43H,1-2H3. The highest BCUT2D eigenvalue weighted by Gasteiger charge is 2.51. The predicted molar refractivity (Wildman–Crippen MR) is 289 cm³/mol. The fraction of sp³-hybridized carbons (Fsp3) is 0.0588. The molecule has 0 atom stereocenters. The topological polar surface area (TPSA) is 3.24 Å². The molecule has 11 aromatic rings. The van der Waals surface area contributed by atoms with Crippen molar-refractivity contribution in [1.29, 1.82) is 0 Å². The van der Waals surface area contributed by atoms with E-state index in [9.17, 15) is 0 Å². The minimum Gasteiger partial charge on any atom is -0.309 e. The van der Waals surface area contributed by atoms with Gasteiger partial charge in [-0.15, -0.1) is 0 Å². The van der Waals surface area contributed by atoms with Gasteiger partial charge in [-0.25, -0.2) is 0 Å². The van der Waals surface area contributed by atoms with E-state index < -0.39 is 5.41 Å². The lowest BCUT2D eigenvalue weighted by molar-refractivity contribution is 0.660. The van der Waals surface area contributed by atoms with Gasteiger partial charge in [0, 0.05) is 22.1 Å². The van der Waals surface area contributed by atoms with Gasteiger partial charge in [-0.2, -0.15) is 0 Å². The van der Waals surface area contributed by atoms with E-state index >= 15 is 0 Å². The molecule has 0 heterocycles. The normalized spacial score (nSPS) is 13.9. The van der Waals surface area contributed by atoms with E-state index in [4.69, 9.17) is 0 Å². The molecule has 3 aliphatic carbocycles. The highest BCUT2D eigenvalue weighted by Crippen LogP contribution is 2.64. The number of fused-ring (bicyclic) bond motifs is 14. The van der Waals surface area contributed by atoms with E-state index in [1.165, 1.54) is 111 Å². The van der Waals surface area contributed by atoms with Crippen molar-refractivity contribution in [2.24, 2.45) is 0 Å². The van der Waals surface area contributed by atoms with Crippen molar-refractivity contribution in [1.82, 2.24) is 0 Å². The number of hydrogen-bond acceptors (Lipinski definition) is 1. The van der Waals surface area contributed by atoms with Crippen LogP contribution in [0.4, 0.5) is 17.1 Å². The van der Waals surface area contributed by atoms with E-state index in [1.807, 2.05) is 0 Å². The molecule has 1 spiro atoms. The largest absolute Gasteiger partial charge is 0.309 e. The Balaban J connectivity index is 1.05. The average molecular weight is 878 g/mol. The zero-order chi connectivity index (χ0) is 45.8. The lowest BCUT2D eigenvalue weighted by atomic mass is 9.70. The molecule has 324 valence electrons. The molecule has 0 unspecified atom stereocenters. The number of rotatable bonds is 6. The van der Waals surface area contributed by atoms with E-state index in [0.29, 0.717) is 0 Å². The van der Waals surface area contributed by atoms with Crippen LogP contribution in [0.2, 0.25) is 0 Å². The minimum absolute atomic E-state index is 0.0555. The van der Waals surface area contributed by atoms with Crippen molar-refractivity contribution in [3.63, 3.8) is 0 Å². The van der Waals surface area contributed by atoms with Gasteiger partial charge in [0.2, 0.25) is 0 Å². The molecule has 11 aromatic carbocycles. The van der Waals surface area contributed by atoms with Crippen LogP contribution in [0.5, 0.6) is 0 Å². The third-order valence-corrected chi connectivity index (χ3v) is 15.7. The number of nitrogens with zero attached hydrogens (tertiary/aromatic N) is 1. The van der Waals surface area contributed by atoms with Crippen LogP contribution in [-0.2, 0) is 10.8 Å². The van der Waals surface area contributed by atoms with Gasteiger partial charge in [-0.1, -0.05) is 232 Å². The average Bonchev–Trinajstić information content (AvgIpc) is 3.97. The highest BCUT2D eigenvalue weighted by atomic mass is 15.1. The van der Waals surface area contributed by atoms with E-state index in [1.54, 1.807) is 0 Å². The molecular weight excluding hydrogens is 831 g/mol. The number of anilines is 3. The van der Waals surface area contributed by atoms with Gasteiger partial charge in [-0.05, 0) is 130 Å². The number of benzene rings is 11. The first-order valence-corrected chi connectivity index (χ1v) is 24.3. The first-order chi connectivity index (χ1) is 34.0. The van der Waals surface area contributed by atoms with Crippen LogP contribution < -0.4 is 4.90 Å². The van der Waals surface area contributed by atoms with E-state index in [-0.39, 0.29) is 5.41 Å². The molecule has 0 aromatic heterocycles. The van der Waals surface area contributed by atoms with Crippen LogP contribution in [0, 0.1) is 0 Å². The lowest BCUT2D eigenvalue weighted by Gasteiger charge is -2.33. The second kappa shape index (κ2) is 15.0. The summed E-state index contributed by atoms with van der Waals surface area (Å²) in [4.78, 5) is 2.56. The highest BCUT2D eigenvalue weighted by molar-refractivity contribution is 6.09. The molecule has 0 aliphatic heterocycles. The van der Waals surface area contributed by atoms with Crippen molar-refractivity contribution in [3.05, 3.63) is 282 Å². The van der Waals surface area contributed by atoms with Crippen molar-refractivity contribution in [3.8, 4) is 66.8 Å². The Bertz CT molecular complexity index is 3810. The van der Waals surface area contributed by atoms with Crippen LogP contribution in [0.25, 0.3) is 77.5 Å². The summed E-state index contributed by atoms with van der Waals surface area (Å²) in [5.74, 6) is 0. The molecule has 1 heteroatoms. The molecule has 0 fully saturated rings. The summed E-state index contributed by atoms with van der Waals surface area (Å²) in [5, 5.41) is 2.41. The van der Waals surface area contributed by atoms with Gasteiger partial charge < -0.3 is 4.90 Å². The lowest BCUT2D eigenvalue weighted by Crippen LogP contribution is -2.26. The van der Waals surface area contributed by atoms with E-state index in [2.05, 4.69) is 267 Å². The van der Waals surface area contributed by atoms with Gasteiger partial charge in [-0.3, -0.25) is 0 Å². The fourth-order valence-corrected chi connectivity index (χ4v) is 12.7. The first-order valence-electron chi connectivity index (χ1n) is 24.3. The van der Waals surface area contributed by atoms with Crippen LogP contribution in [0.3, 0.4) is 0 Å². The Hall–Kier alpha value is -8.52. The van der Waals surface area contributed by atoms with Crippen molar-refractivity contribution in [2.75, 3.05) is 4.90 Å². The van der Waals surface area contributed by atoms with Crippen molar-refractivity contribution in [2.45, 2.75) is 24.7 Å². The Morgan fingerprint density at radius 2 is 0.768 bits per heavy atom. The van der Waals surface area contributed by atoms with Gasteiger partial charge in [0.15, 0.2) is 0 Å². The van der Waals surface area contributed by atoms with Crippen LogP contribution in [0.1, 0.15) is 47.2 Å². The summed E-state index contributed by atoms with van der Waals surface area (Å²) in [6.07, 6.45) is 0. The van der Waals surface area contributed by atoms with Crippen LogP contribution >= 0.6 is 0 Å². The maximum Gasteiger partial charge on any atom is 0.0726 e. The smallest absolute Gasteiger partial charge is 0.0726 e. The molecule has 14 rings (SSSR count). The molecule has 1 nitrogen and oxygen atoms in total. The summed E-state index contributed by atoms with van der Waals surface area (Å²) >= 11 is 0. The van der Waals surface area contributed by atoms with Gasteiger partial charge >= 0.3 is 0 Å². The van der Waals surface area contributed by atoms with Crippen molar-refractivity contribution >= 4 is 27.8 Å². The van der Waals surface area contributed by atoms with Crippen LogP contribution in [0.15, 0.2) is 249 Å². The fourth-order valence-electron chi connectivity index (χ4n) is 12.7. The summed E-state index contributed by atoms with van der Waals surface area (Å²) in [5.41, 5.74) is 26.0. The SMILES string of the molecule is CC1(C)c2ccccc2-c2cc(-c3ccc(N(c4ccc5c(c4)C4(c6ccccc6-c6ccccc64)c4ccccc4-5)c4cccc(-c5ccccc5)c4-c4ccccc4)c4ccccc34)ccc21. The molecule has 0 N–H and O–H groups in total. The number of hydrogen-bond donors (Lipinski definition) is 0. The zero-order valence-corrected chi connectivity index (χ0v) is 38.6. The second-order valence-corrected chi connectivity index (χ2v) is 19.5.